The second-order valence-corrected chi connectivity index (χ2v) is 5.41. The molecule has 0 bridgehead atoms. The van der Waals surface area contributed by atoms with E-state index < -0.39 is 0 Å². The minimum absolute atomic E-state index is 0.232. The van der Waals surface area contributed by atoms with Gasteiger partial charge in [-0.05, 0) is 37.9 Å². The molecule has 0 saturated carbocycles. The van der Waals surface area contributed by atoms with Crippen LogP contribution in [0, 0.1) is 6.92 Å². The number of aromatic nitrogens is 4. The van der Waals surface area contributed by atoms with E-state index in [1.54, 1.807) is 0 Å². The van der Waals surface area contributed by atoms with Crippen LogP contribution in [0.2, 0.25) is 0 Å². The summed E-state index contributed by atoms with van der Waals surface area (Å²) >= 11 is 0. The quantitative estimate of drug-likeness (QED) is 0.849. The molecule has 5 nitrogen and oxygen atoms in total. The summed E-state index contributed by atoms with van der Waals surface area (Å²) < 4.78 is 2.08. The van der Waals surface area contributed by atoms with Crippen LogP contribution in [-0.2, 0) is 19.9 Å². The summed E-state index contributed by atoms with van der Waals surface area (Å²) in [4.78, 5) is 4.45. The van der Waals surface area contributed by atoms with Crippen LogP contribution < -0.4 is 5.32 Å². The van der Waals surface area contributed by atoms with Crippen molar-refractivity contribution in [1.82, 2.24) is 25.1 Å². The second kappa shape index (κ2) is 7.31. The summed E-state index contributed by atoms with van der Waals surface area (Å²) in [7, 11) is 2.04. The number of hydrogen-bond acceptors (Lipinski definition) is 4. The fourth-order valence-corrected chi connectivity index (χ4v) is 2.50. The van der Waals surface area contributed by atoms with E-state index in [4.69, 9.17) is 0 Å². The highest BCUT2D eigenvalue weighted by atomic mass is 15.1. The number of aryl methyl sites for hydroxylation is 3. The van der Waals surface area contributed by atoms with Gasteiger partial charge in [0.15, 0.2) is 0 Å². The number of hydrogen-bond donors (Lipinski definition) is 1. The molecule has 0 fully saturated rings. The van der Waals surface area contributed by atoms with Gasteiger partial charge in [-0.3, -0.25) is 0 Å². The Hall–Kier alpha value is -1.75. The van der Waals surface area contributed by atoms with Crippen molar-refractivity contribution >= 4 is 0 Å². The number of rotatable bonds is 7. The van der Waals surface area contributed by atoms with E-state index in [0.29, 0.717) is 0 Å². The Kier molecular flexibility index (Phi) is 5.44. The SMILES string of the molecule is CCCNC(Cc1nccn1C)c1cc(C)nnc1CC. The van der Waals surface area contributed by atoms with Crippen LogP contribution in [0.25, 0.3) is 0 Å². The molecule has 1 N–H and O–H groups in total. The third-order valence-corrected chi connectivity index (χ3v) is 3.68. The Balaban J connectivity index is 2.31. The van der Waals surface area contributed by atoms with Crippen molar-refractivity contribution in [2.45, 2.75) is 46.1 Å². The summed E-state index contributed by atoms with van der Waals surface area (Å²) in [5.41, 5.74) is 3.29. The van der Waals surface area contributed by atoms with Crippen molar-refractivity contribution in [3.8, 4) is 0 Å². The average molecular weight is 287 g/mol. The van der Waals surface area contributed by atoms with E-state index >= 15 is 0 Å². The molecular weight excluding hydrogens is 262 g/mol. The van der Waals surface area contributed by atoms with Crippen molar-refractivity contribution in [2.24, 2.45) is 7.05 Å². The first kappa shape index (κ1) is 15.6. The molecule has 2 heterocycles. The first-order chi connectivity index (χ1) is 10.2. The number of nitrogens with one attached hydrogen (secondary N) is 1. The molecule has 0 aliphatic heterocycles. The molecule has 0 radical (unpaired) electrons. The monoisotopic (exact) mass is 287 g/mol. The van der Waals surface area contributed by atoms with E-state index in [2.05, 4.69) is 45.0 Å². The Morgan fingerprint density at radius 1 is 1.29 bits per heavy atom. The van der Waals surface area contributed by atoms with Gasteiger partial charge in [0, 0.05) is 31.9 Å². The van der Waals surface area contributed by atoms with Crippen LogP contribution in [0.1, 0.15) is 49.1 Å². The van der Waals surface area contributed by atoms with Crippen molar-refractivity contribution < 1.29 is 0 Å². The predicted octanol–water partition coefficient (Wildman–Crippen LogP) is 2.36. The van der Waals surface area contributed by atoms with Gasteiger partial charge in [-0.15, -0.1) is 0 Å². The van der Waals surface area contributed by atoms with E-state index in [0.717, 1.165) is 43.0 Å². The van der Waals surface area contributed by atoms with E-state index in [1.165, 1.54) is 5.56 Å². The third-order valence-electron chi connectivity index (χ3n) is 3.68. The molecule has 0 aromatic carbocycles. The Morgan fingerprint density at radius 2 is 2.10 bits per heavy atom. The van der Waals surface area contributed by atoms with Gasteiger partial charge in [-0.2, -0.15) is 10.2 Å². The summed E-state index contributed by atoms with van der Waals surface area (Å²) in [6.45, 7) is 7.29. The van der Waals surface area contributed by atoms with E-state index in [1.807, 2.05) is 26.4 Å². The van der Waals surface area contributed by atoms with Crippen LogP contribution >= 0.6 is 0 Å². The van der Waals surface area contributed by atoms with Crippen LogP contribution in [0.5, 0.6) is 0 Å². The zero-order valence-electron chi connectivity index (χ0n) is 13.4. The van der Waals surface area contributed by atoms with Crippen LogP contribution in [0.15, 0.2) is 18.5 Å². The minimum atomic E-state index is 0.232. The maximum atomic E-state index is 4.45. The van der Waals surface area contributed by atoms with Crippen molar-refractivity contribution in [3.05, 3.63) is 41.2 Å². The van der Waals surface area contributed by atoms with E-state index in [-0.39, 0.29) is 6.04 Å². The first-order valence-electron chi connectivity index (χ1n) is 7.68. The molecule has 0 aliphatic carbocycles. The van der Waals surface area contributed by atoms with Gasteiger partial charge in [-0.25, -0.2) is 4.98 Å². The lowest BCUT2D eigenvalue weighted by Gasteiger charge is -2.21. The fourth-order valence-electron chi connectivity index (χ4n) is 2.50. The van der Waals surface area contributed by atoms with Crippen LogP contribution in [0.4, 0.5) is 0 Å². The lowest BCUT2D eigenvalue weighted by atomic mass is 10.00. The number of nitrogens with zero attached hydrogens (tertiary/aromatic N) is 4. The number of imidazole rings is 1. The molecule has 0 saturated heterocycles. The molecule has 2 rings (SSSR count). The summed E-state index contributed by atoms with van der Waals surface area (Å²) in [5, 5.41) is 12.2. The molecule has 2 aromatic heterocycles. The fraction of sp³-hybridized carbons (Fsp3) is 0.562. The van der Waals surface area contributed by atoms with Crippen molar-refractivity contribution in [3.63, 3.8) is 0 Å². The summed E-state index contributed by atoms with van der Waals surface area (Å²) in [5.74, 6) is 1.08. The van der Waals surface area contributed by atoms with Gasteiger partial charge in [0.1, 0.15) is 5.82 Å². The van der Waals surface area contributed by atoms with Crippen LogP contribution in [-0.4, -0.2) is 26.3 Å². The highest BCUT2D eigenvalue weighted by Gasteiger charge is 2.18. The van der Waals surface area contributed by atoms with Gasteiger partial charge < -0.3 is 9.88 Å². The van der Waals surface area contributed by atoms with Crippen molar-refractivity contribution in [2.75, 3.05) is 6.54 Å². The molecule has 114 valence electrons. The molecule has 21 heavy (non-hydrogen) atoms. The molecule has 1 atom stereocenters. The zero-order valence-corrected chi connectivity index (χ0v) is 13.4. The smallest absolute Gasteiger partial charge is 0.110 e. The third kappa shape index (κ3) is 3.88. The highest BCUT2D eigenvalue weighted by Crippen LogP contribution is 2.21. The van der Waals surface area contributed by atoms with Gasteiger partial charge in [0.2, 0.25) is 0 Å². The lowest BCUT2D eigenvalue weighted by Crippen LogP contribution is -2.26. The molecule has 0 spiro atoms. The Morgan fingerprint density at radius 3 is 2.71 bits per heavy atom. The maximum absolute atomic E-state index is 4.45. The molecule has 0 amide bonds. The largest absolute Gasteiger partial charge is 0.338 e. The minimum Gasteiger partial charge on any atom is -0.338 e. The zero-order chi connectivity index (χ0) is 15.2. The second-order valence-electron chi connectivity index (χ2n) is 5.41. The average Bonchev–Trinajstić information content (AvgIpc) is 2.88. The molecule has 2 aromatic rings. The van der Waals surface area contributed by atoms with Gasteiger partial charge >= 0.3 is 0 Å². The first-order valence-corrected chi connectivity index (χ1v) is 7.68. The normalized spacial score (nSPS) is 12.6. The Labute approximate surface area is 126 Å². The van der Waals surface area contributed by atoms with Crippen molar-refractivity contribution in [1.29, 1.82) is 0 Å². The van der Waals surface area contributed by atoms with E-state index in [9.17, 15) is 0 Å². The predicted molar refractivity (Wildman–Crippen MR) is 84.1 cm³/mol. The highest BCUT2D eigenvalue weighted by molar-refractivity contribution is 5.26. The Bertz CT molecular complexity index is 576. The maximum Gasteiger partial charge on any atom is 0.110 e. The lowest BCUT2D eigenvalue weighted by molar-refractivity contribution is 0.504. The van der Waals surface area contributed by atoms with Gasteiger partial charge in [0.05, 0.1) is 11.4 Å². The van der Waals surface area contributed by atoms with Gasteiger partial charge in [-0.1, -0.05) is 13.8 Å². The molecule has 1 unspecified atom stereocenters. The molecule has 0 aliphatic rings. The summed E-state index contributed by atoms with van der Waals surface area (Å²) in [6, 6.07) is 2.39. The topological polar surface area (TPSA) is 55.6 Å². The standard InChI is InChI=1S/C16H25N5/c1-5-7-17-15(11-16-18-8-9-21(16)4)13-10-12(3)19-20-14(13)6-2/h8-10,15,17H,5-7,11H2,1-4H3. The molecule has 5 heteroatoms. The molecular formula is C16H25N5. The van der Waals surface area contributed by atoms with Gasteiger partial charge in [0.25, 0.3) is 0 Å². The van der Waals surface area contributed by atoms with Crippen LogP contribution in [0.3, 0.4) is 0 Å². The summed E-state index contributed by atoms with van der Waals surface area (Å²) in [6.07, 6.45) is 6.71.